The minimum Gasteiger partial charge on any atom is -0.281 e. The zero-order valence-corrected chi connectivity index (χ0v) is 9.81. The van der Waals surface area contributed by atoms with E-state index in [9.17, 15) is 8.42 Å². The van der Waals surface area contributed by atoms with Gasteiger partial charge in [0, 0.05) is 6.54 Å². The van der Waals surface area contributed by atoms with E-state index in [-0.39, 0.29) is 4.66 Å². The van der Waals surface area contributed by atoms with Crippen LogP contribution in [0.25, 0.3) is 0 Å². The van der Waals surface area contributed by atoms with E-state index in [4.69, 9.17) is 0 Å². The molecule has 7 heteroatoms. The molecule has 0 saturated heterocycles. The summed E-state index contributed by atoms with van der Waals surface area (Å²) in [6.45, 7) is 0.948. The quantitative estimate of drug-likeness (QED) is 0.800. The summed E-state index contributed by atoms with van der Waals surface area (Å²) in [7, 11) is -3.14. The number of halogens is 1. The van der Waals surface area contributed by atoms with Gasteiger partial charge in [-0.05, 0) is 12.0 Å². The number of aromatic nitrogens is 2. The van der Waals surface area contributed by atoms with Crippen molar-refractivity contribution in [2.75, 3.05) is 11.2 Å². The second-order valence-corrected chi connectivity index (χ2v) is 6.45. The highest BCUT2D eigenvalue weighted by Gasteiger charge is 2.26. The molecule has 1 aromatic heterocycles. The van der Waals surface area contributed by atoms with Gasteiger partial charge in [-0.25, -0.2) is 8.42 Å². The molecule has 0 saturated carbocycles. The molecule has 0 unspecified atom stereocenters. The average molecular weight is 280 g/mol. The smallest absolute Gasteiger partial charge is 0.224 e. The summed E-state index contributed by atoms with van der Waals surface area (Å²) in [6, 6.07) is 0. The van der Waals surface area contributed by atoms with Gasteiger partial charge in [0.05, 0.1) is 18.4 Å². The van der Waals surface area contributed by atoms with Crippen molar-refractivity contribution in [1.82, 2.24) is 14.5 Å². The topological polar surface area (TPSA) is 66.1 Å². The van der Waals surface area contributed by atoms with Crippen molar-refractivity contribution in [2.24, 2.45) is 0 Å². The van der Waals surface area contributed by atoms with Crippen molar-refractivity contribution in [1.29, 1.82) is 0 Å². The molecular weight excluding hydrogens is 270 g/mol. The van der Waals surface area contributed by atoms with E-state index >= 15 is 0 Å². The van der Waals surface area contributed by atoms with Gasteiger partial charge in [0.2, 0.25) is 10.0 Å². The molecule has 0 bridgehead atoms. The largest absolute Gasteiger partial charge is 0.281 e. The Balaban J connectivity index is 2.23. The Kier molecular flexibility index (Phi) is 2.63. The summed E-state index contributed by atoms with van der Waals surface area (Å²) in [4.78, 5) is 0. The fraction of sp³-hybridized carbons (Fsp3) is 0.571. The molecule has 0 spiro atoms. The Hall–Kier alpha value is -0.400. The molecule has 78 valence electrons. The number of hydrogen-bond donors (Lipinski definition) is 1. The number of H-pyrrole nitrogens is 1. The van der Waals surface area contributed by atoms with Crippen molar-refractivity contribution in [3.63, 3.8) is 0 Å². The molecule has 14 heavy (non-hydrogen) atoms. The SMILES string of the molecule is O=S(=O)(CBr)N1CCc2cn[nH]c2C1. The number of fused-ring (bicyclic) bond motifs is 1. The third kappa shape index (κ3) is 1.71. The van der Waals surface area contributed by atoms with E-state index in [0.717, 1.165) is 17.7 Å². The fourth-order valence-electron chi connectivity index (χ4n) is 1.50. The van der Waals surface area contributed by atoms with Crippen molar-refractivity contribution < 1.29 is 8.42 Å². The first kappa shape index (κ1) is 10.1. The molecule has 1 N–H and O–H groups in total. The molecule has 0 fully saturated rings. The third-order valence-electron chi connectivity index (χ3n) is 2.30. The first-order valence-electron chi connectivity index (χ1n) is 4.18. The van der Waals surface area contributed by atoms with Gasteiger partial charge in [0.15, 0.2) is 0 Å². The number of rotatable bonds is 2. The summed E-state index contributed by atoms with van der Waals surface area (Å²) < 4.78 is 24.5. The number of nitrogens with zero attached hydrogens (tertiary/aromatic N) is 2. The zero-order chi connectivity index (χ0) is 10.2. The van der Waals surface area contributed by atoms with Crippen LogP contribution < -0.4 is 0 Å². The standard InChI is InChI=1S/C7H10BrN3O2S/c8-5-14(12,13)11-2-1-6-3-9-10-7(6)4-11/h3H,1-2,4-5H2,(H,9,10). The van der Waals surface area contributed by atoms with Gasteiger partial charge in [0.25, 0.3) is 0 Å². The Morgan fingerprint density at radius 3 is 3.14 bits per heavy atom. The number of aromatic amines is 1. The number of hydrogen-bond acceptors (Lipinski definition) is 3. The first-order chi connectivity index (χ1) is 6.63. The highest BCUT2D eigenvalue weighted by molar-refractivity contribution is 9.10. The van der Waals surface area contributed by atoms with Gasteiger partial charge in [-0.2, -0.15) is 9.40 Å². The van der Waals surface area contributed by atoms with Gasteiger partial charge in [-0.3, -0.25) is 5.10 Å². The number of alkyl halides is 1. The van der Waals surface area contributed by atoms with Gasteiger partial charge >= 0.3 is 0 Å². The van der Waals surface area contributed by atoms with Crippen molar-refractivity contribution in [3.05, 3.63) is 17.5 Å². The molecule has 0 aliphatic carbocycles. The highest BCUT2D eigenvalue weighted by Crippen LogP contribution is 2.19. The lowest BCUT2D eigenvalue weighted by Gasteiger charge is -2.24. The van der Waals surface area contributed by atoms with Crippen LogP contribution in [-0.4, -0.2) is 34.1 Å². The fourth-order valence-corrected chi connectivity index (χ4v) is 3.20. The highest BCUT2D eigenvalue weighted by atomic mass is 79.9. The molecule has 2 heterocycles. The molecule has 1 aliphatic rings. The van der Waals surface area contributed by atoms with E-state index in [1.54, 1.807) is 6.20 Å². The van der Waals surface area contributed by atoms with Crippen LogP contribution >= 0.6 is 15.9 Å². The molecular formula is C7H10BrN3O2S. The molecule has 0 aromatic carbocycles. The summed E-state index contributed by atoms with van der Waals surface area (Å²) in [5.74, 6) is 0. The van der Waals surface area contributed by atoms with Crippen LogP contribution in [-0.2, 0) is 23.0 Å². The molecule has 0 radical (unpaired) electrons. The maximum absolute atomic E-state index is 11.5. The molecule has 1 aromatic rings. The number of nitrogens with one attached hydrogen (secondary N) is 1. The van der Waals surface area contributed by atoms with E-state index in [2.05, 4.69) is 26.1 Å². The van der Waals surface area contributed by atoms with Gasteiger partial charge < -0.3 is 0 Å². The Morgan fingerprint density at radius 1 is 1.64 bits per heavy atom. The van der Waals surface area contributed by atoms with E-state index in [0.29, 0.717) is 13.1 Å². The lowest BCUT2D eigenvalue weighted by Crippen LogP contribution is -2.36. The molecule has 1 aliphatic heterocycles. The number of sulfonamides is 1. The van der Waals surface area contributed by atoms with Gasteiger partial charge in [-0.1, -0.05) is 15.9 Å². The molecule has 0 atom stereocenters. The summed E-state index contributed by atoms with van der Waals surface area (Å²) >= 11 is 2.98. The Morgan fingerprint density at radius 2 is 2.43 bits per heavy atom. The van der Waals surface area contributed by atoms with E-state index in [1.807, 2.05) is 0 Å². The molecule has 5 nitrogen and oxygen atoms in total. The van der Waals surface area contributed by atoms with E-state index < -0.39 is 10.0 Å². The lowest BCUT2D eigenvalue weighted by atomic mass is 10.1. The minimum absolute atomic E-state index is 0.0243. The van der Waals surface area contributed by atoms with E-state index in [1.165, 1.54) is 4.31 Å². The van der Waals surface area contributed by atoms with Crippen molar-refractivity contribution >= 4 is 26.0 Å². The monoisotopic (exact) mass is 279 g/mol. The lowest BCUT2D eigenvalue weighted by molar-refractivity contribution is 0.390. The van der Waals surface area contributed by atoms with Crippen molar-refractivity contribution in [3.8, 4) is 0 Å². The predicted octanol–water partition coefficient (Wildman–Crippen LogP) is 0.450. The van der Waals surface area contributed by atoms with Crippen LogP contribution in [0.1, 0.15) is 11.3 Å². The maximum atomic E-state index is 11.5. The van der Waals surface area contributed by atoms with Gasteiger partial charge in [0.1, 0.15) is 4.66 Å². The Bertz CT molecular complexity index is 428. The third-order valence-corrected chi connectivity index (χ3v) is 5.41. The minimum atomic E-state index is -3.14. The van der Waals surface area contributed by atoms with Crippen LogP contribution in [0.5, 0.6) is 0 Å². The average Bonchev–Trinajstić information content (AvgIpc) is 2.64. The van der Waals surface area contributed by atoms with Crippen LogP contribution in [0.15, 0.2) is 6.20 Å². The maximum Gasteiger partial charge on any atom is 0.224 e. The van der Waals surface area contributed by atoms with Crippen LogP contribution in [0, 0.1) is 0 Å². The second-order valence-electron chi connectivity index (χ2n) is 3.18. The Labute approximate surface area is 90.7 Å². The van der Waals surface area contributed by atoms with Crippen LogP contribution in [0.4, 0.5) is 0 Å². The van der Waals surface area contributed by atoms with Crippen molar-refractivity contribution in [2.45, 2.75) is 13.0 Å². The van der Waals surface area contributed by atoms with Crippen LogP contribution in [0.2, 0.25) is 0 Å². The van der Waals surface area contributed by atoms with Crippen LogP contribution in [0.3, 0.4) is 0 Å². The summed E-state index contributed by atoms with van der Waals surface area (Å²) in [5.41, 5.74) is 2.02. The van der Waals surface area contributed by atoms with Gasteiger partial charge in [-0.15, -0.1) is 0 Å². The summed E-state index contributed by atoms with van der Waals surface area (Å²) in [6.07, 6.45) is 2.49. The summed E-state index contributed by atoms with van der Waals surface area (Å²) in [5, 5.41) is 6.70. The second kappa shape index (κ2) is 3.63. The predicted molar refractivity (Wildman–Crippen MR) is 55.4 cm³/mol. The first-order valence-corrected chi connectivity index (χ1v) is 6.91. The molecule has 2 rings (SSSR count). The zero-order valence-electron chi connectivity index (χ0n) is 7.40. The normalized spacial score (nSPS) is 18.1. The molecule has 0 amide bonds.